The molecule has 0 saturated carbocycles. The third-order valence-electron chi connectivity index (χ3n) is 5.16. The third kappa shape index (κ3) is 7.31. The van der Waals surface area contributed by atoms with E-state index in [2.05, 4.69) is 26.1 Å². The Bertz CT molecular complexity index is 1510. The number of benzene rings is 3. The van der Waals surface area contributed by atoms with Crippen LogP contribution >= 0.6 is 35.6 Å². The second-order valence-electron chi connectivity index (χ2n) is 7.74. The summed E-state index contributed by atoms with van der Waals surface area (Å²) in [5.74, 6) is 0.863. The van der Waals surface area contributed by atoms with E-state index in [0.717, 1.165) is 16.2 Å². The third-order valence-corrected chi connectivity index (χ3v) is 6.65. The first-order valence-corrected chi connectivity index (χ1v) is 13.1. The van der Waals surface area contributed by atoms with Crippen molar-refractivity contribution in [2.24, 2.45) is 0 Å². The van der Waals surface area contributed by atoms with Gasteiger partial charge in [0.05, 0.1) is 22.8 Å². The topological polar surface area (TPSA) is 109 Å². The summed E-state index contributed by atoms with van der Waals surface area (Å²) in [6, 6.07) is 32.1. The Morgan fingerprint density at radius 2 is 1.45 bits per heavy atom. The van der Waals surface area contributed by atoms with Gasteiger partial charge in [-0.2, -0.15) is 10.5 Å². The fraction of sp³-hybridized carbons (Fsp3) is 0.0357. The van der Waals surface area contributed by atoms with Crippen molar-refractivity contribution in [3.8, 4) is 23.4 Å². The van der Waals surface area contributed by atoms with Crippen molar-refractivity contribution >= 4 is 57.9 Å². The number of nitrogens with one attached hydrogen (secondary N) is 3. The number of nitrogens with zero attached hydrogens (tertiary/aromatic N) is 4. The lowest BCUT2D eigenvalue weighted by molar-refractivity contribution is 1.05. The second kappa shape index (κ2) is 13.2. The van der Waals surface area contributed by atoms with E-state index >= 15 is 0 Å². The van der Waals surface area contributed by atoms with Crippen molar-refractivity contribution < 1.29 is 0 Å². The second-order valence-corrected chi connectivity index (χ2v) is 9.63. The monoisotopic (exact) mass is 553 g/mol. The molecule has 38 heavy (non-hydrogen) atoms. The minimum atomic E-state index is -0.00394. The van der Waals surface area contributed by atoms with E-state index in [1.807, 2.05) is 84.9 Å². The number of nitriles is 2. The number of para-hydroxylation sites is 2. The molecule has 0 aliphatic heterocycles. The average molecular weight is 554 g/mol. The average Bonchev–Trinajstić information content (AvgIpc) is 2.95. The number of halogens is 1. The molecule has 3 N–H and O–H groups in total. The number of aromatic nitrogens is 2. The zero-order chi connectivity index (χ0) is 26.7. The molecule has 4 rings (SSSR count). The first kappa shape index (κ1) is 26.6. The highest BCUT2D eigenvalue weighted by molar-refractivity contribution is 7.99. The first-order chi connectivity index (χ1) is 18.6. The van der Waals surface area contributed by atoms with E-state index in [9.17, 15) is 10.5 Å². The van der Waals surface area contributed by atoms with Crippen LogP contribution in [-0.4, -0.2) is 21.1 Å². The van der Waals surface area contributed by atoms with E-state index < -0.39 is 0 Å². The van der Waals surface area contributed by atoms with Crippen molar-refractivity contribution in [3.63, 3.8) is 0 Å². The Kier molecular flexibility index (Phi) is 9.27. The van der Waals surface area contributed by atoms with Crippen LogP contribution in [0.3, 0.4) is 0 Å². The smallest absolute Gasteiger partial charge is 0.176 e. The summed E-state index contributed by atoms with van der Waals surface area (Å²) in [4.78, 5) is 0.958. The van der Waals surface area contributed by atoms with Crippen LogP contribution in [0.1, 0.15) is 0 Å². The van der Waals surface area contributed by atoms with Gasteiger partial charge in [-0.25, -0.2) is 0 Å². The lowest BCUT2D eigenvalue weighted by atomic mass is 10.1. The van der Waals surface area contributed by atoms with Gasteiger partial charge in [-0.1, -0.05) is 54.1 Å². The van der Waals surface area contributed by atoms with Crippen molar-refractivity contribution in [3.05, 3.63) is 107 Å². The van der Waals surface area contributed by atoms with Gasteiger partial charge in [0.1, 0.15) is 17.7 Å². The van der Waals surface area contributed by atoms with Crippen LogP contribution in [0, 0.1) is 22.7 Å². The maximum atomic E-state index is 9.52. The molecule has 0 spiro atoms. The zero-order valence-corrected chi connectivity index (χ0v) is 22.2. The van der Waals surface area contributed by atoms with Crippen LogP contribution in [0.4, 0.5) is 17.2 Å². The molecule has 0 aliphatic rings. The molecule has 4 aromatic rings. The molecule has 0 bridgehead atoms. The van der Waals surface area contributed by atoms with Crippen molar-refractivity contribution in [2.45, 2.75) is 4.90 Å². The molecule has 3 aromatic carbocycles. The molecule has 0 fully saturated rings. The highest BCUT2D eigenvalue weighted by Crippen LogP contribution is 2.28. The molecule has 0 unspecified atom stereocenters. The Balaban J connectivity index is 1.45. The van der Waals surface area contributed by atoms with Crippen LogP contribution in [0.25, 0.3) is 11.3 Å². The van der Waals surface area contributed by atoms with Crippen LogP contribution in [0.5, 0.6) is 0 Å². The van der Waals surface area contributed by atoms with Gasteiger partial charge in [0, 0.05) is 21.2 Å². The Hall–Kier alpha value is -4.41. The van der Waals surface area contributed by atoms with E-state index in [-0.39, 0.29) is 5.57 Å². The van der Waals surface area contributed by atoms with E-state index in [1.54, 1.807) is 18.2 Å². The van der Waals surface area contributed by atoms with Crippen LogP contribution < -0.4 is 16.0 Å². The summed E-state index contributed by atoms with van der Waals surface area (Å²) >= 11 is 12.9. The quantitative estimate of drug-likeness (QED) is 0.119. The van der Waals surface area contributed by atoms with Crippen LogP contribution in [0.15, 0.2) is 107 Å². The summed E-state index contributed by atoms with van der Waals surface area (Å²) in [5.41, 5.74) is 3.51. The number of anilines is 3. The van der Waals surface area contributed by atoms with Gasteiger partial charge in [-0.15, -0.1) is 22.0 Å². The number of hydrogen-bond donors (Lipinski definition) is 3. The van der Waals surface area contributed by atoms with E-state index in [0.29, 0.717) is 38.8 Å². The molecule has 1 aromatic heterocycles. The maximum Gasteiger partial charge on any atom is 0.176 e. The fourth-order valence-corrected chi connectivity index (χ4v) is 4.51. The number of allylic oxidation sites excluding steroid dienone is 1. The molecule has 0 saturated heterocycles. The Morgan fingerprint density at radius 1 is 0.789 bits per heavy atom. The predicted octanol–water partition coefficient (Wildman–Crippen LogP) is 7.11. The molecule has 1 heterocycles. The number of hydrogen-bond acceptors (Lipinski definition) is 7. The van der Waals surface area contributed by atoms with Crippen LogP contribution in [-0.2, 0) is 0 Å². The lowest BCUT2D eigenvalue weighted by Crippen LogP contribution is -2.21. The van der Waals surface area contributed by atoms with Crippen molar-refractivity contribution in [1.29, 1.82) is 10.5 Å². The molecular weight excluding hydrogens is 534 g/mol. The van der Waals surface area contributed by atoms with Crippen LogP contribution in [0.2, 0.25) is 5.02 Å². The Morgan fingerprint density at radius 3 is 2.08 bits per heavy atom. The van der Waals surface area contributed by atoms with Gasteiger partial charge in [0.2, 0.25) is 0 Å². The molecule has 0 aliphatic carbocycles. The minimum Gasteiger partial charge on any atom is -0.355 e. The largest absolute Gasteiger partial charge is 0.355 e. The predicted molar refractivity (Wildman–Crippen MR) is 158 cm³/mol. The van der Waals surface area contributed by atoms with Gasteiger partial charge in [-0.05, 0) is 60.7 Å². The minimum absolute atomic E-state index is 0.00394. The standard InChI is InChI=1S/C28H20ClN7S2/c29-21-10-12-22(13-11-21)38-18-26(20(16-30)17-31)32-24-8-4-5-9-25(24)33-28(37)34-27-15-14-23(35-36-27)19-6-2-1-3-7-19/h1-15,32H,18H2,(H2,33,34,36,37). The molecule has 186 valence electrons. The highest BCUT2D eigenvalue weighted by atomic mass is 35.5. The molecule has 0 atom stereocenters. The van der Waals surface area contributed by atoms with Crippen molar-refractivity contribution in [1.82, 2.24) is 10.2 Å². The van der Waals surface area contributed by atoms with E-state index in [1.165, 1.54) is 11.8 Å². The van der Waals surface area contributed by atoms with Gasteiger partial charge in [0.25, 0.3) is 0 Å². The molecular formula is C28H20ClN7S2. The zero-order valence-electron chi connectivity index (χ0n) is 19.9. The molecule has 10 heteroatoms. The fourth-order valence-electron chi connectivity index (χ4n) is 3.31. The van der Waals surface area contributed by atoms with Gasteiger partial charge in [0.15, 0.2) is 10.9 Å². The summed E-state index contributed by atoms with van der Waals surface area (Å²) in [7, 11) is 0. The molecule has 0 radical (unpaired) electrons. The summed E-state index contributed by atoms with van der Waals surface area (Å²) in [6.45, 7) is 0. The number of thiocarbonyl (C=S) groups is 1. The van der Waals surface area contributed by atoms with Crippen molar-refractivity contribution in [2.75, 3.05) is 21.7 Å². The first-order valence-electron chi connectivity index (χ1n) is 11.3. The summed E-state index contributed by atoms with van der Waals surface area (Å²) in [5, 5.41) is 37.9. The normalized spacial score (nSPS) is 9.97. The SMILES string of the molecule is N#CC(C#N)=C(CSc1ccc(Cl)cc1)Nc1ccccc1NC(=S)Nc1ccc(-c2ccccc2)nn1. The van der Waals surface area contributed by atoms with Gasteiger partial charge in [-0.3, -0.25) is 0 Å². The maximum absolute atomic E-state index is 9.52. The van der Waals surface area contributed by atoms with Gasteiger partial charge >= 0.3 is 0 Å². The number of rotatable bonds is 8. The highest BCUT2D eigenvalue weighted by Gasteiger charge is 2.12. The van der Waals surface area contributed by atoms with E-state index in [4.69, 9.17) is 23.8 Å². The van der Waals surface area contributed by atoms with Gasteiger partial charge < -0.3 is 16.0 Å². The molecule has 0 amide bonds. The molecule has 7 nitrogen and oxygen atoms in total. The summed E-state index contributed by atoms with van der Waals surface area (Å²) < 4.78 is 0. The lowest BCUT2D eigenvalue weighted by Gasteiger charge is -2.17. The Labute approximate surface area is 235 Å². The number of thioether (sulfide) groups is 1. The summed E-state index contributed by atoms with van der Waals surface area (Å²) in [6.07, 6.45) is 0.